The monoisotopic (exact) mass is 331 g/mol. The van der Waals surface area contributed by atoms with Crippen molar-refractivity contribution < 1.29 is 13.2 Å². The van der Waals surface area contributed by atoms with E-state index in [0.717, 1.165) is 17.8 Å². The van der Waals surface area contributed by atoms with Crippen LogP contribution in [-0.2, 0) is 6.18 Å². The Morgan fingerprint density at radius 1 is 1.12 bits per heavy atom. The highest BCUT2D eigenvalue weighted by Crippen LogP contribution is 2.32. The molecule has 0 saturated heterocycles. The van der Waals surface area contributed by atoms with E-state index < -0.39 is 11.7 Å². The highest BCUT2D eigenvalue weighted by molar-refractivity contribution is 5.62. The van der Waals surface area contributed by atoms with Crippen molar-refractivity contribution in [1.29, 1.82) is 0 Å². The number of pyridine rings is 1. The number of hydrogen-bond donors (Lipinski definition) is 0. The summed E-state index contributed by atoms with van der Waals surface area (Å²) in [5.74, 6) is 0. The molecule has 0 N–H and O–H groups in total. The summed E-state index contributed by atoms with van der Waals surface area (Å²) in [5, 5.41) is 0. The highest BCUT2D eigenvalue weighted by Gasteiger charge is 2.30. The van der Waals surface area contributed by atoms with Crippen LogP contribution in [-0.4, -0.2) is 22.6 Å². The summed E-state index contributed by atoms with van der Waals surface area (Å²) in [6.07, 6.45) is 1.02. The molecular weight excluding hydrogens is 315 g/mol. The van der Waals surface area contributed by atoms with Gasteiger partial charge in [0.05, 0.1) is 29.5 Å². The van der Waals surface area contributed by atoms with Crippen molar-refractivity contribution in [3.8, 4) is 11.3 Å². The number of rotatable bonds is 3. The second kappa shape index (κ2) is 6.47. The van der Waals surface area contributed by atoms with Crippen molar-refractivity contribution in [2.75, 3.05) is 6.54 Å². The lowest BCUT2D eigenvalue weighted by atomic mass is 10.1. The Morgan fingerprint density at radius 2 is 1.92 bits per heavy atom. The molecule has 0 radical (unpaired) electrons. The van der Waals surface area contributed by atoms with E-state index in [9.17, 15) is 13.2 Å². The smallest absolute Gasteiger partial charge is 0.363 e. The Bertz CT molecular complexity index is 781. The van der Waals surface area contributed by atoms with Gasteiger partial charge in [-0.3, -0.25) is 9.98 Å². The van der Waals surface area contributed by atoms with Crippen molar-refractivity contribution in [3.63, 3.8) is 0 Å². The van der Waals surface area contributed by atoms with E-state index in [4.69, 9.17) is 0 Å². The molecule has 1 aromatic carbocycles. The van der Waals surface area contributed by atoms with E-state index in [0.29, 0.717) is 17.8 Å². The molecule has 0 amide bonds. The Kier molecular flexibility index (Phi) is 4.38. The van der Waals surface area contributed by atoms with Crippen molar-refractivity contribution >= 4 is 6.21 Å². The summed E-state index contributed by atoms with van der Waals surface area (Å²) in [6.45, 7) is 2.68. The minimum atomic E-state index is -4.36. The van der Waals surface area contributed by atoms with Crippen LogP contribution in [0.2, 0.25) is 0 Å². The fraction of sp³-hybridized carbons (Fsp3) is 0.222. The van der Waals surface area contributed by atoms with Gasteiger partial charge in [0, 0.05) is 24.2 Å². The molecular formula is C18H16F3N3. The molecule has 0 aliphatic carbocycles. The van der Waals surface area contributed by atoms with Crippen molar-refractivity contribution in [2.24, 2.45) is 4.99 Å². The molecule has 0 spiro atoms. The van der Waals surface area contributed by atoms with Gasteiger partial charge in [-0.1, -0.05) is 18.2 Å². The molecule has 3 rings (SSSR count). The topological polar surface area (TPSA) is 28.5 Å². The highest BCUT2D eigenvalue weighted by atomic mass is 19.4. The van der Waals surface area contributed by atoms with Gasteiger partial charge in [0.2, 0.25) is 0 Å². The zero-order valence-corrected chi connectivity index (χ0v) is 13.0. The molecule has 1 aromatic heterocycles. The van der Waals surface area contributed by atoms with Crippen LogP contribution in [0.15, 0.2) is 59.9 Å². The van der Waals surface area contributed by atoms with Crippen LogP contribution in [0.1, 0.15) is 24.2 Å². The van der Waals surface area contributed by atoms with Gasteiger partial charge in [-0.15, -0.1) is 0 Å². The molecule has 1 atom stereocenters. The molecule has 2 heterocycles. The van der Waals surface area contributed by atoms with Gasteiger partial charge < -0.3 is 4.90 Å². The van der Waals surface area contributed by atoms with E-state index in [-0.39, 0.29) is 6.04 Å². The lowest BCUT2D eigenvalue weighted by Gasteiger charge is -2.27. The third-order valence-corrected chi connectivity index (χ3v) is 3.92. The molecule has 1 unspecified atom stereocenters. The van der Waals surface area contributed by atoms with E-state index in [1.165, 1.54) is 6.07 Å². The van der Waals surface area contributed by atoms with Crippen molar-refractivity contribution in [3.05, 3.63) is 66.1 Å². The first kappa shape index (κ1) is 16.2. The maximum absolute atomic E-state index is 12.9. The molecule has 0 bridgehead atoms. The van der Waals surface area contributed by atoms with E-state index in [1.54, 1.807) is 24.5 Å². The van der Waals surface area contributed by atoms with E-state index in [2.05, 4.69) is 14.9 Å². The predicted molar refractivity (Wildman–Crippen MR) is 87.4 cm³/mol. The summed E-state index contributed by atoms with van der Waals surface area (Å²) in [7, 11) is 0. The first-order chi connectivity index (χ1) is 11.4. The van der Waals surface area contributed by atoms with Crippen molar-refractivity contribution in [1.82, 2.24) is 9.88 Å². The normalized spacial score (nSPS) is 15.6. The van der Waals surface area contributed by atoms with Gasteiger partial charge in [0.25, 0.3) is 0 Å². The number of aliphatic imine (C=N–C) groups is 1. The summed E-state index contributed by atoms with van der Waals surface area (Å²) in [5.41, 5.74) is 1.11. The first-order valence-electron chi connectivity index (χ1n) is 7.54. The molecule has 3 nitrogen and oxygen atoms in total. The average Bonchev–Trinajstić information content (AvgIpc) is 2.61. The number of aromatic nitrogens is 1. The molecule has 1 aliphatic rings. The predicted octanol–water partition coefficient (Wildman–Crippen LogP) is 4.69. The van der Waals surface area contributed by atoms with Gasteiger partial charge >= 0.3 is 6.18 Å². The summed E-state index contributed by atoms with van der Waals surface area (Å²) in [6, 6.07) is 10.6. The van der Waals surface area contributed by atoms with Crippen LogP contribution >= 0.6 is 0 Å². The minimum Gasteiger partial charge on any atom is -0.363 e. The SMILES string of the molecule is CC(c1cccc(-c2cccc(C(F)(F)F)c2)n1)N1C=CN=CC1. The molecule has 6 heteroatoms. The van der Waals surface area contributed by atoms with Crippen molar-refractivity contribution in [2.45, 2.75) is 19.1 Å². The molecule has 24 heavy (non-hydrogen) atoms. The number of hydrogen-bond acceptors (Lipinski definition) is 3. The third-order valence-electron chi connectivity index (χ3n) is 3.92. The maximum Gasteiger partial charge on any atom is 0.416 e. The average molecular weight is 331 g/mol. The Labute approximate surface area is 138 Å². The summed E-state index contributed by atoms with van der Waals surface area (Å²) in [4.78, 5) is 10.6. The molecule has 124 valence electrons. The van der Waals surface area contributed by atoms with Crippen LogP contribution in [0.3, 0.4) is 0 Å². The Morgan fingerprint density at radius 3 is 2.62 bits per heavy atom. The second-order valence-corrected chi connectivity index (χ2v) is 5.53. The van der Waals surface area contributed by atoms with Crippen LogP contribution in [0.25, 0.3) is 11.3 Å². The lowest BCUT2D eigenvalue weighted by molar-refractivity contribution is -0.137. The Balaban J connectivity index is 1.91. The zero-order chi connectivity index (χ0) is 17.2. The van der Waals surface area contributed by atoms with E-state index in [1.807, 2.05) is 25.3 Å². The standard InChI is InChI=1S/C18H16F3N3/c1-13(24-10-8-22-9-11-24)16-6-3-7-17(23-16)14-4-2-5-15(12-14)18(19,20)21/h2-10,12-13H,11H2,1H3. The van der Waals surface area contributed by atoms with Crippen LogP contribution in [0.4, 0.5) is 13.2 Å². The largest absolute Gasteiger partial charge is 0.416 e. The summed E-state index contributed by atoms with van der Waals surface area (Å²) < 4.78 is 38.7. The van der Waals surface area contributed by atoms with Crippen LogP contribution in [0, 0.1) is 0 Å². The summed E-state index contributed by atoms with van der Waals surface area (Å²) >= 11 is 0. The fourth-order valence-electron chi connectivity index (χ4n) is 2.54. The molecule has 1 aliphatic heterocycles. The number of nitrogens with zero attached hydrogens (tertiary/aromatic N) is 3. The molecule has 0 saturated carbocycles. The molecule has 2 aromatic rings. The van der Waals surface area contributed by atoms with Gasteiger partial charge in [-0.05, 0) is 31.2 Å². The fourth-order valence-corrected chi connectivity index (χ4v) is 2.54. The van der Waals surface area contributed by atoms with Gasteiger partial charge in [-0.2, -0.15) is 13.2 Å². The maximum atomic E-state index is 12.9. The van der Waals surface area contributed by atoms with Gasteiger partial charge in [0.1, 0.15) is 0 Å². The lowest BCUT2D eigenvalue weighted by Crippen LogP contribution is -2.25. The Hall–Kier alpha value is -2.63. The zero-order valence-electron chi connectivity index (χ0n) is 13.0. The quantitative estimate of drug-likeness (QED) is 0.816. The van der Waals surface area contributed by atoms with Gasteiger partial charge in [-0.25, -0.2) is 0 Å². The number of halogens is 3. The third kappa shape index (κ3) is 3.48. The first-order valence-corrected chi connectivity index (χ1v) is 7.54. The molecule has 0 fully saturated rings. The van der Waals surface area contributed by atoms with Crippen LogP contribution < -0.4 is 0 Å². The second-order valence-electron chi connectivity index (χ2n) is 5.53. The minimum absolute atomic E-state index is 0.00116. The number of benzene rings is 1. The van der Waals surface area contributed by atoms with Gasteiger partial charge in [0.15, 0.2) is 0 Å². The number of alkyl halides is 3. The van der Waals surface area contributed by atoms with Crippen LogP contribution in [0.5, 0.6) is 0 Å². The van der Waals surface area contributed by atoms with E-state index >= 15 is 0 Å².